The summed E-state index contributed by atoms with van der Waals surface area (Å²) in [5.41, 5.74) is 1.32. The molecule has 5 rings (SSSR count). The van der Waals surface area contributed by atoms with Crippen LogP contribution in [0.15, 0.2) is 36.8 Å². The predicted molar refractivity (Wildman–Crippen MR) is 205 cm³/mol. The van der Waals surface area contributed by atoms with Crippen molar-refractivity contribution in [1.82, 2.24) is 35.7 Å². The lowest BCUT2D eigenvalue weighted by Crippen LogP contribution is -2.59. The molecule has 316 valence electrons. The third-order valence-corrected chi connectivity index (χ3v) is 10.9. The van der Waals surface area contributed by atoms with Crippen molar-refractivity contribution in [1.29, 1.82) is 0 Å². The largest absolute Gasteiger partial charge is 0.497 e. The summed E-state index contributed by atoms with van der Waals surface area (Å²) in [6.45, 7) is 2.79. The Bertz CT molecular complexity index is 1540. The Morgan fingerprint density at radius 1 is 0.912 bits per heavy atom. The Balaban J connectivity index is 1.36. The van der Waals surface area contributed by atoms with Gasteiger partial charge in [-0.25, -0.2) is 14.6 Å². The molecule has 0 unspecified atom stereocenters. The zero-order valence-corrected chi connectivity index (χ0v) is 33.4. The Kier molecular flexibility index (Phi) is 16.7. The van der Waals surface area contributed by atoms with E-state index >= 15 is 0 Å². The van der Waals surface area contributed by atoms with Gasteiger partial charge < -0.3 is 64.3 Å². The van der Waals surface area contributed by atoms with Crippen molar-refractivity contribution in [3.63, 3.8) is 0 Å². The lowest BCUT2D eigenvalue weighted by atomic mass is 9.83. The van der Waals surface area contributed by atoms with Crippen molar-refractivity contribution in [2.24, 2.45) is 5.92 Å². The second kappa shape index (κ2) is 21.9. The predicted octanol–water partition coefficient (Wildman–Crippen LogP) is 1.72. The number of hydrogen-bond donors (Lipinski definition) is 5. The van der Waals surface area contributed by atoms with Gasteiger partial charge in [0, 0.05) is 45.5 Å². The average molecular weight is 802 g/mol. The van der Waals surface area contributed by atoms with Crippen LogP contribution in [0.5, 0.6) is 5.75 Å². The molecule has 1 aliphatic carbocycles. The number of ether oxygens (including phenoxy) is 6. The van der Waals surface area contributed by atoms with E-state index in [9.17, 15) is 24.3 Å². The van der Waals surface area contributed by atoms with Gasteiger partial charge in [-0.15, -0.1) is 0 Å². The van der Waals surface area contributed by atoms with Gasteiger partial charge in [0.1, 0.15) is 55.8 Å². The molecule has 0 radical (unpaired) electrons. The molecule has 3 fully saturated rings. The number of carbonyl (C=O) groups excluding carboxylic acids is 4. The molecule has 18 heteroatoms. The number of likely N-dealkylation sites (tertiary alicyclic amines) is 1. The molecular weight excluding hydrogens is 742 g/mol. The number of hydrogen-bond acceptors (Lipinski definition) is 12. The van der Waals surface area contributed by atoms with Crippen molar-refractivity contribution >= 4 is 23.9 Å². The first kappa shape index (κ1) is 43.6. The lowest BCUT2D eigenvalue weighted by Gasteiger charge is -2.33. The smallest absolute Gasteiger partial charge is 0.410 e. The summed E-state index contributed by atoms with van der Waals surface area (Å²) >= 11 is 0. The van der Waals surface area contributed by atoms with E-state index < -0.39 is 66.5 Å². The molecule has 1 aromatic heterocycles. The standard InChI is InChI=1S/C39H59N7O11/c1-5-45-21-34(57-39(45)51)35(47)29(15-25-9-7-6-8-10-25)42-37(49)31(17-27-18-40-22-41-27)43-36(48)30(16-26-11-13-28(54-4)14-12-26)44-38(50)46-19-32(55-23-52-2)33(20-46)56-24-53-3/h11-14,18,22,25,29-35,47H,5-10,15-17,19-21,23-24H2,1-4H3,(H,40,41)(H,42,49)(H,43,48)(H,44,50)/t29-,30-,31-,32-,33+,34-,35+/m0/s1. The van der Waals surface area contributed by atoms with Crippen molar-refractivity contribution in [2.45, 2.75) is 101 Å². The molecule has 2 aromatic rings. The average Bonchev–Trinajstić information content (AvgIpc) is 3.99. The SMILES string of the molecule is CCN1C[C@@H]([C@H](O)[C@H](CC2CCCCC2)NC(=O)[C@H](Cc2cnc[nH]2)NC(=O)[C@H](Cc2ccc(OC)cc2)NC(=O)N2C[C@H](OCOC)[C@H](OCOC)C2)OC1=O. The number of aromatic amines is 1. The van der Waals surface area contributed by atoms with Gasteiger partial charge in [0.25, 0.3) is 0 Å². The van der Waals surface area contributed by atoms with Crippen LogP contribution in [0.1, 0.15) is 56.7 Å². The van der Waals surface area contributed by atoms with Crippen LogP contribution in [0.4, 0.5) is 9.59 Å². The number of H-pyrrole nitrogens is 1. The third kappa shape index (κ3) is 12.5. The topological polar surface area (TPSA) is 215 Å². The van der Waals surface area contributed by atoms with Crippen LogP contribution >= 0.6 is 0 Å². The van der Waals surface area contributed by atoms with E-state index in [4.69, 9.17) is 28.4 Å². The van der Waals surface area contributed by atoms with Gasteiger partial charge in [-0.05, 0) is 37.0 Å². The number of imidazole rings is 1. The van der Waals surface area contributed by atoms with Gasteiger partial charge in [-0.3, -0.25) is 9.59 Å². The molecule has 1 aromatic carbocycles. The molecular formula is C39H59N7O11. The summed E-state index contributed by atoms with van der Waals surface area (Å²) in [5.74, 6) is -0.265. The Morgan fingerprint density at radius 2 is 1.56 bits per heavy atom. The van der Waals surface area contributed by atoms with Crippen LogP contribution in [0.3, 0.4) is 0 Å². The van der Waals surface area contributed by atoms with E-state index in [1.165, 1.54) is 30.3 Å². The maximum absolute atomic E-state index is 14.4. The van der Waals surface area contributed by atoms with Crippen molar-refractivity contribution < 1.29 is 52.7 Å². The summed E-state index contributed by atoms with van der Waals surface area (Å²) in [7, 11) is 4.55. The van der Waals surface area contributed by atoms with E-state index in [1.807, 2.05) is 6.92 Å². The summed E-state index contributed by atoms with van der Waals surface area (Å²) in [6, 6.07) is 3.56. The van der Waals surface area contributed by atoms with Crippen molar-refractivity contribution in [3.8, 4) is 5.75 Å². The molecule has 2 saturated heterocycles. The van der Waals surface area contributed by atoms with E-state index in [1.54, 1.807) is 37.6 Å². The highest BCUT2D eigenvalue weighted by Gasteiger charge is 2.42. The number of aromatic nitrogens is 2. The normalized spacial score (nSPS) is 22.1. The first-order valence-electron chi connectivity index (χ1n) is 19.7. The molecule has 3 heterocycles. The number of methoxy groups -OCH3 is 3. The molecule has 3 aliphatic rings. The van der Waals surface area contributed by atoms with Gasteiger partial charge >= 0.3 is 12.1 Å². The monoisotopic (exact) mass is 801 g/mol. The number of cyclic esters (lactones) is 1. The fourth-order valence-corrected chi connectivity index (χ4v) is 7.66. The molecule has 7 atom stereocenters. The molecule has 2 aliphatic heterocycles. The Labute approximate surface area is 333 Å². The van der Waals surface area contributed by atoms with E-state index in [2.05, 4.69) is 25.9 Å². The highest BCUT2D eigenvalue weighted by Crippen LogP contribution is 2.30. The second-order valence-electron chi connectivity index (χ2n) is 14.8. The number of amides is 5. The Morgan fingerprint density at radius 3 is 2.14 bits per heavy atom. The molecule has 0 spiro atoms. The molecule has 1 saturated carbocycles. The first-order chi connectivity index (χ1) is 27.6. The summed E-state index contributed by atoms with van der Waals surface area (Å²) in [4.78, 5) is 65.1. The molecule has 18 nitrogen and oxygen atoms in total. The van der Waals surface area contributed by atoms with Gasteiger partial charge in [0.05, 0.1) is 39.1 Å². The number of nitrogens with one attached hydrogen (secondary N) is 4. The molecule has 0 bridgehead atoms. The van der Waals surface area contributed by atoms with E-state index in [0.717, 1.165) is 37.7 Å². The quantitative estimate of drug-likeness (QED) is 0.114. The first-order valence-corrected chi connectivity index (χ1v) is 19.7. The van der Waals surface area contributed by atoms with Gasteiger partial charge in [0.15, 0.2) is 0 Å². The molecule has 5 N–H and O–H groups in total. The number of likely N-dealkylation sites (N-methyl/N-ethyl adjacent to an activating group) is 1. The van der Waals surface area contributed by atoms with Crippen LogP contribution < -0.4 is 20.7 Å². The van der Waals surface area contributed by atoms with Crippen LogP contribution in [0, 0.1) is 5.92 Å². The van der Waals surface area contributed by atoms with E-state index in [0.29, 0.717) is 24.4 Å². The number of carbonyl (C=O) groups is 4. The fourth-order valence-electron chi connectivity index (χ4n) is 7.66. The number of benzene rings is 1. The summed E-state index contributed by atoms with van der Waals surface area (Å²) in [5, 5.41) is 20.5. The minimum atomic E-state index is -1.18. The van der Waals surface area contributed by atoms with Crippen molar-refractivity contribution in [2.75, 3.05) is 61.1 Å². The molecule has 5 amide bonds. The lowest BCUT2D eigenvalue weighted by molar-refractivity contribution is -0.139. The summed E-state index contributed by atoms with van der Waals surface area (Å²) in [6.07, 6.45) is 5.28. The van der Waals surface area contributed by atoms with Gasteiger partial charge in [-0.2, -0.15) is 0 Å². The fraction of sp³-hybridized carbons (Fsp3) is 0.667. The number of nitrogens with zero attached hydrogens (tertiary/aromatic N) is 3. The third-order valence-electron chi connectivity index (χ3n) is 10.9. The number of urea groups is 1. The molecule has 57 heavy (non-hydrogen) atoms. The van der Waals surface area contributed by atoms with Gasteiger partial charge in [0.2, 0.25) is 11.8 Å². The van der Waals surface area contributed by atoms with Crippen molar-refractivity contribution in [3.05, 3.63) is 48.0 Å². The summed E-state index contributed by atoms with van der Waals surface area (Å²) < 4.78 is 32.5. The van der Waals surface area contributed by atoms with E-state index in [-0.39, 0.29) is 52.0 Å². The van der Waals surface area contributed by atoms with Crippen LogP contribution in [-0.4, -0.2) is 152 Å². The van der Waals surface area contributed by atoms with Crippen LogP contribution in [0.25, 0.3) is 0 Å². The highest BCUT2D eigenvalue weighted by molar-refractivity contribution is 5.92. The second-order valence-corrected chi connectivity index (χ2v) is 14.8. The van der Waals surface area contributed by atoms with Crippen LogP contribution in [-0.2, 0) is 46.1 Å². The highest BCUT2D eigenvalue weighted by atomic mass is 16.7. The zero-order chi connectivity index (χ0) is 40.7. The maximum atomic E-state index is 14.4. The zero-order valence-electron chi connectivity index (χ0n) is 33.4. The minimum absolute atomic E-state index is 0.00319. The van der Waals surface area contributed by atoms with Gasteiger partial charge in [-0.1, -0.05) is 44.2 Å². The van der Waals surface area contributed by atoms with Crippen LogP contribution in [0.2, 0.25) is 0 Å². The Hall–Kier alpha value is -4.49. The number of aliphatic hydroxyl groups is 1. The number of aliphatic hydroxyl groups excluding tert-OH is 1. The number of rotatable bonds is 21. The maximum Gasteiger partial charge on any atom is 0.410 e. The minimum Gasteiger partial charge on any atom is -0.497 e.